The van der Waals surface area contributed by atoms with Crippen LogP contribution in [0.4, 0.5) is 0 Å². The lowest BCUT2D eigenvalue weighted by molar-refractivity contribution is -0.907. The molecule has 0 bridgehead atoms. The minimum atomic E-state index is -0.201. The van der Waals surface area contributed by atoms with Gasteiger partial charge in [0, 0.05) is 6.92 Å². The van der Waals surface area contributed by atoms with E-state index in [0.717, 1.165) is 75.7 Å². The van der Waals surface area contributed by atoms with Crippen LogP contribution in [-0.2, 0) is 14.3 Å². The van der Waals surface area contributed by atoms with Gasteiger partial charge in [-0.2, -0.15) is 0 Å². The number of hydrogen-bond acceptors (Lipinski definition) is 3. The second-order valence-electron chi connectivity index (χ2n) is 7.16. The molecule has 25 heavy (non-hydrogen) atoms. The van der Waals surface area contributed by atoms with E-state index in [0.29, 0.717) is 6.61 Å². The van der Waals surface area contributed by atoms with E-state index in [9.17, 15) is 9.59 Å². The highest BCUT2D eigenvalue weighted by Crippen LogP contribution is 2.11. The highest BCUT2D eigenvalue weighted by atomic mass is 16.5. The third-order valence-corrected chi connectivity index (χ3v) is 4.78. The van der Waals surface area contributed by atoms with Gasteiger partial charge in [-0.15, -0.1) is 0 Å². The van der Waals surface area contributed by atoms with Crippen molar-refractivity contribution < 1.29 is 18.8 Å². The normalized spacial score (nSPS) is 16.8. The molecule has 0 aliphatic carbocycles. The van der Waals surface area contributed by atoms with Crippen molar-refractivity contribution in [1.29, 1.82) is 0 Å². The summed E-state index contributed by atoms with van der Waals surface area (Å²) >= 11 is 0. The van der Waals surface area contributed by atoms with Crippen molar-refractivity contribution in [3.05, 3.63) is 24.8 Å². The van der Waals surface area contributed by atoms with Crippen LogP contribution in [0.5, 0.6) is 0 Å². The number of amides is 1. The molecule has 0 spiro atoms. The summed E-state index contributed by atoms with van der Waals surface area (Å²) in [4.78, 5) is 24.8. The smallest absolute Gasteiger partial charge is 0.302 e. The van der Waals surface area contributed by atoms with Crippen LogP contribution in [0, 0.1) is 0 Å². The molecule has 142 valence electrons. The second kappa shape index (κ2) is 11.9. The third kappa shape index (κ3) is 9.44. The Morgan fingerprint density at radius 1 is 1.12 bits per heavy atom. The molecule has 0 aromatic rings. The summed E-state index contributed by atoms with van der Waals surface area (Å²) in [5, 5.41) is 0. The first-order chi connectivity index (χ1) is 12.0. The maximum Gasteiger partial charge on any atom is 0.302 e. The Hall–Kier alpha value is -1.62. The lowest BCUT2D eigenvalue weighted by atomic mass is 10.1. The number of rotatable bonds is 11. The van der Waals surface area contributed by atoms with Crippen LogP contribution < -0.4 is 0 Å². The van der Waals surface area contributed by atoms with E-state index in [1.807, 2.05) is 17.1 Å². The Kier molecular flexibility index (Phi) is 10.2. The van der Waals surface area contributed by atoms with Crippen molar-refractivity contribution in [3.8, 4) is 0 Å². The van der Waals surface area contributed by atoms with Gasteiger partial charge < -0.3 is 14.1 Å². The summed E-state index contributed by atoms with van der Waals surface area (Å²) in [6.07, 6.45) is 12.1. The fraction of sp³-hybridized carbons (Fsp3) is 0.700. The fourth-order valence-electron chi connectivity index (χ4n) is 3.06. The number of ether oxygens (including phenoxy) is 1. The molecular formula is C20H35N2O3+. The van der Waals surface area contributed by atoms with Crippen LogP contribution in [-0.4, -0.2) is 67.6 Å². The fourth-order valence-corrected chi connectivity index (χ4v) is 3.06. The van der Waals surface area contributed by atoms with E-state index in [2.05, 4.69) is 13.6 Å². The largest absolute Gasteiger partial charge is 0.466 e. The summed E-state index contributed by atoms with van der Waals surface area (Å²) in [5.41, 5.74) is 0. The van der Waals surface area contributed by atoms with Gasteiger partial charge in [0.1, 0.15) is 0 Å². The molecule has 0 aromatic carbocycles. The molecule has 1 aliphatic heterocycles. The number of piperazine rings is 1. The highest BCUT2D eigenvalue weighted by Gasteiger charge is 2.28. The van der Waals surface area contributed by atoms with Crippen LogP contribution in [0.2, 0.25) is 0 Å². The average Bonchev–Trinajstić information content (AvgIpc) is 2.56. The average molecular weight is 352 g/mol. The van der Waals surface area contributed by atoms with E-state index in [1.165, 1.54) is 6.92 Å². The SMILES string of the molecule is C=CC[N+]1(C)CCN(C(=O)/C=C/CCCCCCCOC(C)=O)CC1. The van der Waals surface area contributed by atoms with Gasteiger partial charge in [-0.1, -0.05) is 31.9 Å². The molecule has 5 nitrogen and oxygen atoms in total. The van der Waals surface area contributed by atoms with Gasteiger partial charge in [-0.25, -0.2) is 0 Å². The highest BCUT2D eigenvalue weighted by molar-refractivity contribution is 5.87. The molecule has 1 rings (SSSR count). The topological polar surface area (TPSA) is 46.6 Å². The number of allylic oxidation sites excluding steroid dienone is 1. The number of carbonyl (C=O) groups excluding carboxylic acids is 2. The Bertz CT molecular complexity index is 452. The lowest BCUT2D eigenvalue weighted by Gasteiger charge is -2.41. The van der Waals surface area contributed by atoms with Crippen LogP contribution in [0.15, 0.2) is 24.8 Å². The van der Waals surface area contributed by atoms with Gasteiger partial charge in [0.15, 0.2) is 0 Å². The van der Waals surface area contributed by atoms with Crippen molar-refractivity contribution >= 4 is 11.9 Å². The first kappa shape index (κ1) is 21.4. The molecule has 1 heterocycles. The number of hydrogen-bond donors (Lipinski definition) is 0. The molecule has 1 fully saturated rings. The monoisotopic (exact) mass is 351 g/mol. The number of quaternary nitrogens is 1. The van der Waals surface area contributed by atoms with E-state index in [4.69, 9.17) is 4.74 Å². The maximum absolute atomic E-state index is 12.2. The predicted molar refractivity (Wildman–Crippen MR) is 101 cm³/mol. The number of unbranched alkanes of at least 4 members (excludes halogenated alkanes) is 5. The number of likely N-dealkylation sites (N-methyl/N-ethyl adjacent to an activating group) is 1. The van der Waals surface area contributed by atoms with Gasteiger partial charge >= 0.3 is 5.97 Å². The third-order valence-electron chi connectivity index (χ3n) is 4.78. The minimum Gasteiger partial charge on any atom is -0.466 e. The maximum atomic E-state index is 12.2. The Balaban J connectivity index is 2.06. The summed E-state index contributed by atoms with van der Waals surface area (Å²) in [7, 11) is 2.23. The zero-order valence-electron chi connectivity index (χ0n) is 16.0. The van der Waals surface area contributed by atoms with Crippen LogP contribution >= 0.6 is 0 Å². The van der Waals surface area contributed by atoms with Gasteiger partial charge in [0.2, 0.25) is 5.91 Å². The van der Waals surface area contributed by atoms with E-state index < -0.39 is 0 Å². The van der Waals surface area contributed by atoms with Crippen molar-refractivity contribution in [2.45, 2.75) is 45.4 Å². The molecule has 0 radical (unpaired) electrons. The standard InChI is InChI=1S/C20H35N2O3/c1-4-15-22(3)16-13-21(14-17-22)20(24)12-10-8-6-5-7-9-11-18-25-19(2)23/h4,10,12H,1,5-9,11,13-18H2,2-3H3/q+1/b12-10+. The first-order valence-corrected chi connectivity index (χ1v) is 9.50. The van der Waals surface area contributed by atoms with Crippen molar-refractivity contribution in [3.63, 3.8) is 0 Å². The number of carbonyl (C=O) groups is 2. The number of nitrogens with zero attached hydrogens (tertiary/aromatic N) is 2. The van der Waals surface area contributed by atoms with Gasteiger partial charge in [0.05, 0.1) is 46.4 Å². The van der Waals surface area contributed by atoms with Crippen LogP contribution in [0.1, 0.15) is 45.4 Å². The summed E-state index contributed by atoms with van der Waals surface area (Å²) in [5.74, 6) is -0.0565. The Morgan fingerprint density at radius 3 is 2.40 bits per heavy atom. The quantitative estimate of drug-likeness (QED) is 0.189. The Morgan fingerprint density at radius 2 is 1.76 bits per heavy atom. The zero-order valence-corrected chi connectivity index (χ0v) is 16.0. The summed E-state index contributed by atoms with van der Waals surface area (Å²) in [6.45, 7) is 10.4. The summed E-state index contributed by atoms with van der Waals surface area (Å²) < 4.78 is 5.88. The van der Waals surface area contributed by atoms with E-state index >= 15 is 0 Å². The summed E-state index contributed by atoms with van der Waals surface area (Å²) in [6, 6.07) is 0. The van der Waals surface area contributed by atoms with Crippen LogP contribution in [0.25, 0.3) is 0 Å². The minimum absolute atomic E-state index is 0.145. The van der Waals surface area contributed by atoms with Crippen molar-refractivity contribution in [1.82, 2.24) is 4.90 Å². The lowest BCUT2D eigenvalue weighted by Crippen LogP contribution is -2.58. The molecule has 0 atom stereocenters. The van der Waals surface area contributed by atoms with Gasteiger partial charge in [0.25, 0.3) is 0 Å². The molecule has 0 unspecified atom stereocenters. The molecule has 5 heteroatoms. The Labute approximate surface area is 152 Å². The van der Waals surface area contributed by atoms with Gasteiger partial charge in [-0.3, -0.25) is 9.59 Å². The van der Waals surface area contributed by atoms with Crippen molar-refractivity contribution in [2.75, 3.05) is 46.4 Å². The molecule has 1 amide bonds. The first-order valence-electron chi connectivity index (χ1n) is 9.50. The molecular weight excluding hydrogens is 316 g/mol. The van der Waals surface area contributed by atoms with Crippen LogP contribution in [0.3, 0.4) is 0 Å². The second-order valence-corrected chi connectivity index (χ2v) is 7.16. The van der Waals surface area contributed by atoms with Gasteiger partial charge in [-0.05, 0) is 31.4 Å². The van der Waals surface area contributed by atoms with E-state index in [-0.39, 0.29) is 11.9 Å². The zero-order chi connectivity index (χ0) is 18.5. The predicted octanol–water partition coefficient (Wildman–Crippen LogP) is 2.92. The molecule has 1 aliphatic rings. The molecule has 0 N–H and O–H groups in total. The molecule has 0 aromatic heterocycles. The number of esters is 1. The van der Waals surface area contributed by atoms with Crippen molar-refractivity contribution in [2.24, 2.45) is 0 Å². The molecule has 0 saturated carbocycles. The van der Waals surface area contributed by atoms with E-state index in [1.54, 1.807) is 6.08 Å². The molecule has 1 saturated heterocycles.